The summed E-state index contributed by atoms with van der Waals surface area (Å²) in [7, 11) is 1.52. The fourth-order valence-electron chi connectivity index (χ4n) is 1.82. The van der Waals surface area contributed by atoms with Gasteiger partial charge in [-0.2, -0.15) is 0 Å². The molecular formula is C17H16O5. The second-order valence-corrected chi connectivity index (χ2v) is 4.37. The molecule has 0 atom stereocenters. The van der Waals surface area contributed by atoms with Crippen molar-refractivity contribution in [2.24, 2.45) is 0 Å². The van der Waals surface area contributed by atoms with Gasteiger partial charge >= 0.3 is 11.9 Å². The van der Waals surface area contributed by atoms with Crippen LogP contribution in [0.5, 0.6) is 11.5 Å². The van der Waals surface area contributed by atoms with Crippen LogP contribution in [0.1, 0.15) is 27.6 Å². The molecule has 0 aromatic heterocycles. The van der Waals surface area contributed by atoms with Crippen molar-refractivity contribution < 1.29 is 23.8 Å². The van der Waals surface area contributed by atoms with Crippen molar-refractivity contribution in [3.63, 3.8) is 0 Å². The third kappa shape index (κ3) is 3.85. The van der Waals surface area contributed by atoms with Gasteiger partial charge in [0.1, 0.15) is 11.5 Å². The van der Waals surface area contributed by atoms with E-state index in [0.29, 0.717) is 16.9 Å². The Balaban J connectivity index is 2.14. The van der Waals surface area contributed by atoms with Gasteiger partial charge in [0.25, 0.3) is 0 Å². The van der Waals surface area contributed by atoms with Crippen molar-refractivity contribution in [3.05, 3.63) is 59.7 Å². The van der Waals surface area contributed by atoms with Crippen LogP contribution in [0.25, 0.3) is 0 Å². The summed E-state index contributed by atoms with van der Waals surface area (Å²) < 4.78 is 15.2. The number of benzene rings is 2. The molecule has 114 valence electrons. The third-order valence-electron chi connectivity index (χ3n) is 2.86. The van der Waals surface area contributed by atoms with E-state index < -0.39 is 11.9 Å². The van der Waals surface area contributed by atoms with Crippen LogP contribution in [0.3, 0.4) is 0 Å². The van der Waals surface area contributed by atoms with Crippen LogP contribution >= 0.6 is 0 Å². The second-order valence-electron chi connectivity index (χ2n) is 4.37. The minimum atomic E-state index is -0.528. The Kier molecular flexibility index (Phi) is 5.14. The van der Waals surface area contributed by atoms with E-state index in [4.69, 9.17) is 14.2 Å². The predicted molar refractivity (Wildman–Crippen MR) is 80.4 cm³/mol. The molecular weight excluding hydrogens is 284 g/mol. The molecule has 0 aliphatic heterocycles. The maximum Gasteiger partial charge on any atom is 0.343 e. The van der Waals surface area contributed by atoms with Gasteiger partial charge in [0.15, 0.2) is 0 Å². The average Bonchev–Trinajstić information content (AvgIpc) is 2.55. The lowest BCUT2D eigenvalue weighted by atomic mass is 10.2. The van der Waals surface area contributed by atoms with Gasteiger partial charge in [-0.25, -0.2) is 9.59 Å². The summed E-state index contributed by atoms with van der Waals surface area (Å²) in [5.74, 6) is -0.144. The number of carbonyl (C=O) groups is 2. The van der Waals surface area contributed by atoms with Crippen LogP contribution in [0.4, 0.5) is 0 Å². The first-order chi connectivity index (χ1) is 10.6. The zero-order valence-electron chi connectivity index (χ0n) is 12.4. The molecule has 0 heterocycles. The summed E-state index contributed by atoms with van der Waals surface area (Å²) in [6.45, 7) is 2.01. The van der Waals surface area contributed by atoms with Crippen molar-refractivity contribution >= 4 is 11.9 Å². The van der Waals surface area contributed by atoms with Gasteiger partial charge in [-0.1, -0.05) is 12.1 Å². The van der Waals surface area contributed by atoms with E-state index in [9.17, 15) is 9.59 Å². The third-order valence-corrected chi connectivity index (χ3v) is 2.86. The highest BCUT2D eigenvalue weighted by atomic mass is 16.5. The Morgan fingerprint density at radius 1 is 0.909 bits per heavy atom. The van der Waals surface area contributed by atoms with Crippen LogP contribution in [0.2, 0.25) is 0 Å². The van der Waals surface area contributed by atoms with E-state index in [1.54, 1.807) is 49.4 Å². The quantitative estimate of drug-likeness (QED) is 0.627. The summed E-state index contributed by atoms with van der Waals surface area (Å²) in [5, 5.41) is 0. The monoisotopic (exact) mass is 300 g/mol. The molecule has 0 amide bonds. The standard InChI is InChI=1S/C17H16O5/c1-3-21-16(18)12-6-5-9-15(11-12)22-17(19)13-7-4-8-14(10-13)20-2/h4-11H,3H2,1-2H3. The highest BCUT2D eigenvalue weighted by Gasteiger charge is 2.12. The first-order valence-electron chi connectivity index (χ1n) is 6.77. The molecule has 0 spiro atoms. The zero-order valence-corrected chi connectivity index (χ0v) is 12.4. The summed E-state index contributed by atoms with van der Waals surface area (Å²) >= 11 is 0. The molecule has 0 unspecified atom stereocenters. The fourth-order valence-corrected chi connectivity index (χ4v) is 1.82. The number of esters is 2. The maximum atomic E-state index is 12.1. The maximum absolute atomic E-state index is 12.1. The molecule has 0 saturated carbocycles. The molecule has 0 aliphatic rings. The highest BCUT2D eigenvalue weighted by Crippen LogP contribution is 2.18. The Morgan fingerprint density at radius 2 is 1.50 bits per heavy atom. The smallest absolute Gasteiger partial charge is 0.343 e. The summed E-state index contributed by atoms with van der Waals surface area (Å²) in [6.07, 6.45) is 0. The Morgan fingerprint density at radius 3 is 2.14 bits per heavy atom. The normalized spacial score (nSPS) is 9.91. The van der Waals surface area contributed by atoms with Gasteiger partial charge in [0.05, 0.1) is 24.8 Å². The number of ether oxygens (including phenoxy) is 3. The van der Waals surface area contributed by atoms with Gasteiger partial charge in [0, 0.05) is 0 Å². The van der Waals surface area contributed by atoms with Crippen LogP contribution in [0, 0.1) is 0 Å². The van der Waals surface area contributed by atoms with E-state index >= 15 is 0 Å². The van der Waals surface area contributed by atoms with Gasteiger partial charge in [0.2, 0.25) is 0 Å². The molecule has 2 aromatic carbocycles. The van der Waals surface area contributed by atoms with Crippen molar-refractivity contribution in [1.29, 1.82) is 0 Å². The van der Waals surface area contributed by atoms with Crippen LogP contribution < -0.4 is 9.47 Å². The molecule has 0 saturated heterocycles. The van der Waals surface area contributed by atoms with Gasteiger partial charge in [-0.3, -0.25) is 0 Å². The van der Waals surface area contributed by atoms with E-state index in [2.05, 4.69) is 0 Å². The molecule has 0 fully saturated rings. The topological polar surface area (TPSA) is 61.8 Å². The van der Waals surface area contributed by atoms with E-state index in [-0.39, 0.29) is 12.4 Å². The fraction of sp³-hybridized carbons (Fsp3) is 0.176. The lowest BCUT2D eigenvalue weighted by Crippen LogP contribution is -2.10. The predicted octanol–water partition coefficient (Wildman–Crippen LogP) is 3.09. The van der Waals surface area contributed by atoms with Crippen molar-refractivity contribution in [1.82, 2.24) is 0 Å². The number of rotatable bonds is 5. The van der Waals surface area contributed by atoms with Crippen molar-refractivity contribution in [2.45, 2.75) is 6.92 Å². The lowest BCUT2D eigenvalue weighted by molar-refractivity contribution is 0.0524. The molecule has 22 heavy (non-hydrogen) atoms. The summed E-state index contributed by atoms with van der Waals surface area (Å²) in [5.41, 5.74) is 0.693. The van der Waals surface area contributed by atoms with Crippen molar-refractivity contribution in [2.75, 3.05) is 13.7 Å². The number of hydrogen-bond acceptors (Lipinski definition) is 5. The molecule has 5 heteroatoms. The lowest BCUT2D eigenvalue weighted by Gasteiger charge is -2.07. The minimum Gasteiger partial charge on any atom is -0.497 e. The zero-order chi connectivity index (χ0) is 15.9. The largest absolute Gasteiger partial charge is 0.497 e. The molecule has 5 nitrogen and oxygen atoms in total. The molecule has 2 aromatic rings. The molecule has 0 N–H and O–H groups in total. The van der Waals surface area contributed by atoms with Crippen molar-refractivity contribution in [3.8, 4) is 11.5 Å². The Labute approximate surface area is 128 Å². The van der Waals surface area contributed by atoms with E-state index in [1.165, 1.54) is 13.2 Å². The summed E-state index contributed by atoms with van der Waals surface area (Å²) in [6, 6.07) is 12.9. The first kappa shape index (κ1) is 15.6. The second kappa shape index (κ2) is 7.26. The number of hydrogen-bond donors (Lipinski definition) is 0. The van der Waals surface area contributed by atoms with Gasteiger partial charge in [-0.05, 0) is 43.3 Å². The number of methoxy groups -OCH3 is 1. The average molecular weight is 300 g/mol. The van der Waals surface area contributed by atoms with Crippen LogP contribution in [0.15, 0.2) is 48.5 Å². The number of carbonyl (C=O) groups excluding carboxylic acids is 2. The first-order valence-corrected chi connectivity index (χ1v) is 6.77. The van der Waals surface area contributed by atoms with E-state index in [1.807, 2.05) is 0 Å². The minimum absolute atomic E-state index is 0.276. The Bertz CT molecular complexity index is 678. The highest BCUT2D eigenvalue weighted by molar-refractivity contribution is 5.93. The Hall–Kier alpha value is -2.82. The van der Waals surface area contributed by atoms with E-state index in [0.717, 1.165) is 0 Å². The van der Waals surface area contributed by atoms with Gasteiger partial charge in [-0.15, -0.1) is 0 Å². The molecule has 0 bridgehead atoms. The summed E-state index contributed by atoms with van der Waals surface area (Å²) in [4.78, 5) is 23.8. The van der Waals surface area contributed by atoms with Crippen LogP contribution in [-0.2, 0) is 4.74 Å². The van der Waals surface area contributed by atoms with Crippen LogP contribution in [-0.4, -0.2) is 25.7 Å². The molecule has 0 aliphatic carbocycles. The molecule has 2 rings (SSSR count). The molecule has 0 radical (unpaired) electrons. The van der Waals surface area contributed by atoms with Gasteiger partial charge < -0.3 is 14.2 Å². The SMILES string of the molecule is CCOC(=O)c1cccc(OC(=O)c2cccc(OC)c2)c1.